The largest absolute Gasteiger partial charge is 0.484 e. The molecule has 0 radical (unpaired) electrons. The monoisotopic (exact) mass is 505 g/mol. The lowest BCUT2D eigenvalue weighted by atomic mass is 9.80. The number of hydrogen-bond acceptors (Lipinski definition) is 9. The molecule has 2 unspecified atom stereocenters. The standard InChI is InChI=1S/C24H35N5O5S/c1-17(20(31)21-27-28-23(34-21)35-15-14-29(2)3)25-22(32)24(12-8-5-9-13-24)26-19(30)16-33-18-10-6-4-7-11-18/h4,6-7,10-11,17,21,27H,5,8-9,12-16H2,1-3H3,(H,25,32)(H,26,30). The molecular weight excluding hydrogens is 470 g/mol. The van der Waals surface area contributed by atoms with Crippen molar-refractivity contribution in [1.82, 2.24) is 21.0 Å². The number of Topliss-reactive ketones (excluding diaryl/α,β-unsaturated/α-hetero) is 1. The van der Waals surface area contributed by atoms with Gasteiger partial charge in [-0.25, -0.2) is 0 Å². The summed E-state index contributed by atoms with van der Waals surface area (Å²) < 4.78 is 11.1. The van der Waals surface area contributed by atoms with E-state index >= 15 is 0 Å². The number of rotatable bonds is 11. The number of carbonyl (C=O) groups is 3. The molecule has 11 heteroatoms. The van der Waals surface area contributed by atoms with Gasteiger partial charge in [0, 0.05) is 12.3 Å². The van der Waals surface area contributed by atoms with E-state index in [4.69, 9.17) is 9.47 Å². The van der Waals surface area contributed by atoms with Crippen LogP contribution in [-0.4, -0.2) is 78.5 Å². The molecule has 3 rings (SSSR count). The van der Waals surface area contributed by atoms with Gasteiger partial charge in [0.15, 0.2) is 6.61 Å². The number of ether oxygens (including phenoxy) is 2. The van der Waals surface area contributed by atoms with Crippen LogP contribution in [0.25, 0.3) is 0 Å². The summed E-state index contributed by atoms with van der Waals surface area (Å²) in [5, 5.41) is 10.2. The topological polar surface area (TPSA) is 121 Å². The zero-order chi connectivity index (χ0) is 25.3. The number of ketones is 1. The first-order valence-corrected chi connectivity index (χ1v) is 12.9. The third-order valence-corrected chi connectivity index (χ3v) is 6.74. The number of hydrazone groups is 1. The van der Waals surface area contributed by atoms with Crippen LogP contribution in [0.4, 0.5) is 0 Å². The van der Waals surface area contributed by atoms with Gasteiger partial charge in [0.05, 0.1) is 6.04 Å². The zero-order valence-electron chi connectivity index (χ0n) is 20.5. The average Bonchev–Trinajstić information content (AvgIpc) is 3.32. The second-order valence-electron chi connectivity index (χ2n) is 9.05. The Morgan fingerprint density at radius 2 is 1.94 bits per heavy atom. The SMILES string of the molecule is CC(NC(=O)C1(NC(=O)COc2ccccc2)CCCCC1)C(=O)C1NN=C(SCCN(C)C)O1. The number of nitrogens with one attached hydrogen (secondary N) is 3. The summed E-state index contributed by atoms with van der Waals surface area (Å²) >= 11 is 1.42. The van der Waals surface area contributed by atoms with E-state index in [1.54, 1.807) is 19.1 Å². The van der Waals surface area contributed by atoms with E-state index in [1.165, 1.54) is 11.8 Å². The minimum atomic E-state index is -1.07. The first-order valence-electron chi connectivity index (χ1n) is 11.9. The molecule has 0 saturated heterocycles. The van der Waals surface area contributed by atoms with Crippen LogP contribution in [-0.2, 0) is 19.1 Å². The second-order valence-corrected chi connectivity index (χ2v) is 10.1. The molecule has 1 heterocycles. The molecule has 35 heavy (non-hydrogen) atoms. The van der Waals surface area contributed by atoms with Crippen LogP contribution in [0.15, 0.2) is 35.4 Å². The number of nitrogens with zero attached hydrogens (tertiary/aromatic N) is 2. The number of hydrogen-bond donors (Lipinski definition) is 3. The van der Waals surface area contributed by atoms with Gasteiger partial charge in [-0.1, -0.05) is 49.2 Å². The van der Waals surface area contributed by atoms with Crippen LogP contribution in [0, 0.1) is 0 Å². The summed E-state index contributed by atoms with van der Waals surface area (Å²) in [7, 11) is 3.95. The number of thioether (sulfide) groups is 1. The fourth-order valence-corrected chi connectivity index (χ4v) is 4.85. The van der Waals surface area contributed by atoms with Crippen LogP contribution in [0.5, 0.6) is 5.75 Å². The minimum Gasteiger partial charge on any atom is -0.484 e. The highest BCUT2D eigenvalue weighted by Crippen LogP contribution is 2.29. The molecule has 1 fully saturated rings. The highest BCUT2D eigenvalue weighted by molar-refractivity contribution is 8.13. The Balaban J connectivity index is 1.52. The van der Waals surface area contributed by atoms with Crippen molar-refractivity contribution in [2.75, 3.05) is 33.0 Å². The molecule has 0 bridgehead atoms. The van der Waals surface area contributed by atoms with Crippen LogP contribution in [0.2, 0.25) is 0 Å². The van der Waals surface area contributed by atoms with E-state index in [9.17, 15) is 14.4 Å². The van der Waals surface area contributed by atoms with E-state index in [-0.39, 0.29) is 24.2 Å². The number of benzene rings is 1. The summed E-state index contributed by atoms with van der Waals surface area (Å²) in [4.78, 5) is 40.9. The van der Waals surface area contributed by atoms with E-state index in [0.717, 1.165) is 31.6 Å². The third kappa shape index (κ3) is 7.86. The lowest BCUT2D eigenvalue weighted by molar-refractivity contribution is -0.138. The predicted molar refractivity (Wildman–Crippen MR) is 135 cm³/mol. The summed E-state index contributed by atoms with van der Waals surface area (Å²) in [6.07, 6.45) is 2.67. The Labute approximate surface area is 210 Å². The van der Waals surface area contributed by atoms with Crippen LogP contribution >= 0.6 is 11.8 Å². The van der Waals surface area contributed by atoms with Crippen molar-refractivity contribution >= 4 is 34.6 Å². The molecule has 2 aliphatic rings. The summed E-state index contributed by atoms with van der Waals surface area (Å²) in [6.45, 7) is 2.26. The van der Waals surface area contributed by atoms with Crippen molar-refractivity contribution in [1.29, 1.82) is 0 Å². The first-order chi connectivity index (χ1) is 16.8. The lowest BCUT2D eigenvalue weighted by Gasteiger charge is -2.37. The fraction of sp³-hybridized carbons (Fsp3) is 0.583. The number of para-hydroxylation sites is 1. The molecular formula is C24H35N5O5S. The molecule has 1 aliphatic heterocycles. The van der Waals surface area contributed by atoms with Crippen molar-refractivity contribution in [3.63, 3.8) is 0 Å². The van der Waals surface area contributed by atoms with Gasteiger partial charge in [-0.05, 0) is 46.0 Å². The van der Waals surface area contributed by atoms with Crippen LogP contribution < -0.4 is 20.8 Å². The van der Waals surface area contributed by atoms with Gasteiger partial charge in [-0.3, -0.25) is 19.8 Å². The average molecular weight is 506 g/mol. The third-order valence-electron chi connectivity index (χ3n) is 5.92. The van der Waals surface area contributed by atoms with E-state index < -0.39 is 17.8 Å². The van der Waals surface area contributed by atoms with Crippen LogP contribution in [0.1, 0.15) is 39.0 Å². The maximum atomic E-state index is 13.3. The maximum absolute atomic E-state index is 13.3. The molecule has 1 aromatic carbocycles. The Bertz CT molecular complexity index is 905. The molecule has 1 saturated carbocycles. The van der Waals surface area contributed by atoms with Gasteiger partial charge in [-0.15, -0.1) is 5.10 Å². The second kappa shape index (κ2) is 12.8. The Hall–Kier alpha value is -2.79. The minimum absolute atomic E-state index is 0.195. The van der Waals surface area contributed by atoms with Crippen molar-refractivity contribution in [2.24, 2.45) is 5.10 Å². The normalized spacial score (nSPS) is 19.7. The van der Waals surface area contributed by atoms with Crippen molar-refractivity contribution in [3.8, 4) is 5.75 Å². The number of amides is 2. The fourth-order valence-electron chi connectivity index (χ4n) is 3.93. The maximum Gasteiger partial charge on any atom is 0.269 e. The molecule has 2 atom stereocenters. The smallest absolute Gasteiger partial charge is 0.269 e. The van der Waals surface area contributed by atoms with Gasteiger partial charge in [0.25, 0.3) is 11.1 Å². The predicted octanol–water partition coefficient (Wildman–Crippen LogP) is 1.47. The van der Waals surface area contributed by atoms with E-state index in [0.29, 0.717) is 23.8 Å². The summed E-state index contributed by atoms with van der Waals surface area (Å²) in [6, 6.07) is 8.21. The first kappa shape index (κ1) is 26.8. The van der Waals surface area contributed by atoms with Gasteiger partial charge in [0.2, 0.25) is 17.9 Å². The molecule has 0 spiro atoms. The Kier molecular flexibility index (Phi) is 9.79. The van der Waals surface area contributed by atoms with Crippen molar-refractivity contribution in [2.45, 2.75) is 56.8 Å². The molecule has 192 valence electrons. The van der Waals surface area contributed by atoms with Gasteiger partial charge in [0.1, 0.15) is 11.3 Å². The summed E-state index contributed by atoms with van der Waals surface area (Å²) in [5.74, 6) is 0.269. The molecule has 2 amide bonds. The Morgan fingerprint density at radius 1 is 1.23 bits per heavy atom. The van der Waals surface area contributed by atoms with E-state index in [1.807, 2.05) is 37.2 Å². The van der Waals surface area contributed by atoms with Crippen molar-refractivity contribution < 1.29 is 23.9 Å². The quantitative estimate of drug-likeness (QED) is 0.413. The molecule has 3 N–H and O–H groups in total. The van der Waals surface area contributed by atoms with Crippen molar-refractivity contribution in [3.05, 3.63) is 30.3 Å². The van der Waals surface area contributed by atoms with Gasteiger partial charge < -0.3 is 25.0 Å². The Morgan fingerprint density at radius 3 is 2.63 bits per heavy atom. The zero-order valence-corrected chi connectivity index (χ0v) is 21.4. The molecule has 1 aliphatic carbocycles. The van der Waals surface area contributed by atoms with Gasteiger partial charge in [-0.2, -0.15) is 0 Å². The van der Waals surface area contributed by atoms with Gasteiger partial charge >= 0.3 is 0 Å². The lowest BCUT2D eigenvalue weighted by Crippen LogP contribution is -2.62. The van der Waals surface area contributed by atoms with Crippen LogP contribution in [0.3, 0.4) is 0 Å². The highest BCUT2D eigenvalue weighted by Gasteiger charge is 2.42. The molecule has 1 aromatic rings. The number of carbonyl (C=O) groups excluding carboxylic acids is 3. The molecule has 10 nitrogen and oxygen atoms in total. The molecule has 0 aromatic heterocycles. The highest BCUT2D eigenvalue weighted by atomic mass is 32.2. The summed E-state index contributed by atoms with van der Waals surface area (Å²) in [5.41, 5.74) is 1.62. The van der Waals surface area contributed by atoms with E-state index in [2.05, 4.69) is 21.2 Å².